The van der Waals surface area contributed by atoms with Crippen LogP contribution in [0.2, 0.25) is 5.02 Å². The van der Waals surface area contributed by atoms with Crippen molar-refractivity contribution in [2.45, 2.75) is 25.4 Å². The molecule has 1 aromatic carbocycles. The van der Waals surface area contributed by atoms with E-state index in [1.54, 1.807) is 40.2 Å². The number of halogens is 2. The first-order chi connectivity index (χ1) is 15.1. The first kappa shape index (κ1) is 21.1. The molecule has 1 amide bonds. The highest BCUT2D eigenvalue weighted by molar-refractivity contribution is 6.31. The van der Waals surface area contributed by atoms with Crippen LogP contribution in [0.3, 0.4) is 0 Å². The number of nitrogens with zero attached hydrogens (tertiary/aromatic N) is 5. The van der Waals surface area contributed by atoms with Gasteiger partial charge in [-0.05, 0) is 41.5 Å². The lowest BCUT2D eigenvalue weighted by atomic mass is 10.1. The quantitative estimate of drug-likeness (QED) is 0.523. The molecule has 7 nitrogen and oxygen atoms in total. The van der Waals surface area contributed by atoms with Crippen LogP contribution < -0.4 is 0 Å². The van der Waals surface area contributed by atoms with Crippen molar-refractivity contribution in [3.63, 3.8) is 0 Å². The van der Waals surface area contributed by atoms with Gasteiger partial charge in [-0.3, -0.25) is 9.78 Å². The van der Waals surface area contributed by atoms with Crippen molar-refractivity contribution in [1.82, 2.24) is 24.9 Å². The highest BCUT2D eigenvalue weighted by atomic mass is 35.5. The molecule has 0 aliphatic carbocycles. The van der Waals surface area contributed by atoms with Crippen LogP contribution in [0.5, 0.6) is 0 Å². The molecule has 160 valence electrons. The molecule has 1 saturated heterocycles. The van der Waals surface area contributed by atoms with Gasteiger partial charge in [0.05, 0.1) is 24.9 Å². The molecule has 3 heterocycles. The summed E-state index contributed by atoms with van der Waals surface area (Å²) in [6, 6.07) is 8.48. The van der Waals surface area contributed by atoms with Crippen LogP contribution in [-0.4, -0.2) is 50.0 Å². The van der Waals surface area contributed by atoms with E-state index >= 15 is 0 Å². The minimum atomic E-state index is -0.575. The zero-order valence-electron chi connectivity index (χ0n) is 16.7. The number of ether oxygens (including phenoxy) is 1. The fourth-order valence-corrected chi connectivity index (χ4v) is 3.76. The molecule has 0 spiro atoms. The number of hydrogen-bond donors (Lipinski definition) is 0. The maximum atomic E-state index is 13.0. The number of pyridine rings is 1. The normalized spacial score (nSPS) is 18.3. The highest BCUT2D eigenvalue weighted by Gasteiger charge is 2.37. The minimum Gasteiger partial charge on any atom is -0.369 e. The van der Waals surface area contributed by atoms with Crippen LogP contribution in [0.1, 0.15) is 17.2 Å². The molecule has 0 radical (unpaired) electrons. The van der Waals surface area contributed by atoms with E-state index in [-0.39, 0.29) is 24.7 Å². The summed E-state index contributed by atoms with van der Waals surface area (Å²) in [6.45, 7) is 3.96. The lowest BCUT2D eigenvalue weighted by Crippen LogP contribution is -2.28. The smallest absolute Gasteiger partial charge is 0.246 e. The Labute approximate surface area is 184 Å². The summed E-state index contributed by atoms with van der Waals surface area (Å²) in [5, 5.41) is 9.01. The summed E-state index contributed by atoms with van der Waals surface area (Å²) in [6.07, 6.45) is 6.15. The topological polar surface area (TPSA) is 73.1 Å². The van der Waals surface area contributed by atoms with Crippen molar-refractivity contribution in [1.29, 1.82) is 0 Å². The van der Waals surface area contributed by atoms with Gasteiger partial charge in [0.15, 0.2) is 0 Å². The summed E-state index contributed by atoms with van der Waals surface area (Å²) >= 11 is 6.25. The second-order valence-corrected chi connectivity index (χ2v) is 7.66. The molecule has 2 atom stereocenters. The van der Waals surface area contributed by atoms with Crippen molar-refractivity contribution >= 4 is 17.5 Å². The van der Waals surface area contributed by atoms with E-state index in [0.29, 0.717) is 34.9 Å². The molecule has 1 aliphatic heterocycles. The Bertz CT molecular complexity index is 1070. The number of benzene rings is 1. The van der Waals surface area contributed by atoms with Gasteiger partial charge in [-0.1, -0.05) is 29.5 Å². The molecule has 0 bridgehead atoms. The number of hydrogen-bond acceptors (Lipinski definition) is 5. The van der Waals surface area contributed by atoms with Crippen molar-refractivity contribution < 1.29 is 13.9 Å². The summed E-state index contributed by atoms with van der Waals surface area (Å²) in [5.74, 6) is -0.179. The van der Waals surface area contributed by atoms with Crippen molar-refractivity contribution in [2.24, 2.45) is 0 Å². The number of carbonyl (C=O) groups excluding carboxylic acids is 1. The first-order valence-corrected chi connectivity index (χ1v) is 10.1. The largest absolute Gasteiger partial charge is 0.369 e. The molecule has 9 heteroatoms. The number of rotatable bonds is 7. The fourth-order valence-electron chi connectivity index (χ4n) is 3.59. The summed E-state index contributed by atoms with van der Waals surface area (Å²) in [5.41, 5.74) is 2.75. The molecule has 0 unspecified atom stereocenters. The molecule has 31 heavy (non-hydrogen) atoms. The molecule has 2 aromatic heterocycles. The average Bonchev–Trinajstić information content (AvgIpc) is 3.46. The van der Waals surface area contributed by atoms with Gasteiger partial charge in [0.25, 0.3) is 0 Å². The van der Waals surface area contributed by atoms with Crippen LogP contribution in [-0.2, 0) is 22.8 Å². The average molecular weight is 442 g/mol. The van der Waals surface area contributed by atoms with Gasteiger partial charge in [-0.15, -0.1) is 5.10 Å². The Morgan fingerprint density at radius 1 is 1.35 bits per heavy atom. The standard InChI is InChI=1S/C22H21ClFN5O2/c1-2-22(30)28-12-20(29-11-19(26-27-29)16-4-3-7-25-10-16)21(13-28)31-14-17-8-15(9-24)5-6-18(17)23/h2-8,10-11,20-21H,1,9,12-14H2/t20-,21-/m1/s1. The van der Waals surface area contributed by atoms with E-state index in [1.807, 2.05) is 18.3 Å². The number of amides is 1. The molecular weight excluding hydrogens is 421 g/mol. The van der Waals surface area contributed by atoms with Gasteiger partial charge in [-0.2, -0.15) is 0 Å². The Kier molecular flexibility index (Phi) is 6.39. The van der Waals surface area contributed by atoms with Crippen molar-refractivity contribution in [3.05, 3.63) is 77.7 Å². The Hall–Kier alpha value is -3.10. The van der Waals surface area contributed by atoms with Crippen LogP contribution in [0.4, 0.5) is 4.39 Å². The lowest BCUT2D eigenvalue weighted by molar-refractivity contribution is -0.125. The molecule has 3 aromatic rings. The fraction of sp³-hybridized carbons (Fsp3) is 0.273. The third kappa shape index (κ3) is 4.65. The van der Waals surface area contributed by atoms with Gasteiger partial charge < -0.3 is 9.64 Å². The van der Waals surface area contributed by atoms with Gasteiger partial charge >= 0.3 is 0 Å². The van der Waals surface area contributed by atoms with Gasteiger partial charge in [0, 0.05) is 36.1 Å². The Morgan fingerprint density at radius 3 is 2.97 bits per heavy atom. The van der Waals surface area contributed by atoms with Crippen LogP contribution in [0.15, 0.2) is 61.6 Å². The van der Waals surface area contributed by atoms with E-state index in [4.69, 9.17) is 16.3 Å². The zero-order chi connectivity index (χ0) is 21.8. The van der Waals surface area contributed by atoms with Crippen LogP contribution in [0, 0.1) is 0 Å². The van der Waals surface area contributed by atoms with E-state index < -0.39 is 6.67 Å². The summed E-state index contributed by atoms with van der Waals surface area (Å²) < 4.78 is 20.9. The highest BCUT2D eigenvalue weighted by Crippen LogP contribution is 2.28. The van der Waals surface area contributed by atoms with Crippen LogP contribution in [0.25, 0.3) is 11.3 Å². The monoisotopic (exact) mass is 441 g/mol. The number of alkyl halides is 1. The number of aromatic nitrogens is 4. The minimum absolute atomic E-state index is 0.179. The Morgan fingerprint density at radius 2 is 2.23 bits per heavy atom. The van der Waals surface area contributed by atoms with Gasteiger partial charge in [0.2, 0.25) is 5.91 Å². The van der Waals surface area contributed by atoms with Gasteiger partial charge in [0.1, 0.15) is 12.4 Å². The maximum Gasteiger partial charge on any atom is 0.246 e. The first-order valence-electron chi connectivity index (χ1n) is 9.77. The van der Waals surface area contributed by atoms with E-state index in [1.165, 1.54) is 6.08 Å². The third-order valence-corrected chi connectivity index (χ3v) is 5.62. The zero-order valence-corrected chi connectivity index (χ0v) is 17.5. The van der Waals surface area contributed by atoms with Crippen molar-refractivity contribution in [3.8, 4) is 11.3 Å². The van der Waals surface area contributed by atoms with Crippen LogP contribution >= 0.6 is 11.6 Å². The predicted molar refractivity (Wildman–Crippen MR) is 114 cm³/mol. The van der Waals surface area contributed by atoms with E-state index in [2.05, 4.69) is 21.9 Å². The molecular formula is C22H21ClFN5O2. The molecule has 0 saturated carbocycles. The summed E-state index contributed by atoms with van der Waals surface area (Å²) in [4.78, 5) is 18.0. The van der Waals surface area contributed by atoms with Crippen molar-refractivity contribution in [2.75, 3.05) is 13.1 Å². The molecule has 4 rings (SSSR count). The lowest BCUT2D eigenvalue weighted by Gasteiger charge is -2.19. The SMILES string of the molecule is C=CC(=O)N1C[C@@H](n2cc(-c3cccnc3)nn2)[C@H](OCc2cc(CF)ccc2Cl)C1. The summed E-state index contributed by atoms with van der Waals surface area (Å²) in [7, 11) is 0. The number of likely N-dealkylation sites (tertiary alicyclic amines) is 1. The maximum absolute atomic E-state index is 13.0. The third-order valence-electron chi connectivity index (χ3n) is 5.25. The van der Waals surface area contributed by atoms with Gasteiger partial charge in [-0.25, -0.2) is 9.07 Å². The molecule has 0 N–H and O–H groups in total. The number of carbonyl (C=O) groups is 1. The Balaban J connectivity index is 1.55. The van der Waals surface area contributed by atoms with E-state index in [9.17, 15) is 9.18 Å². The second-order valence-electron chi connectivity index (χ2n) is 7.25. The predicted octanol–water partition coefficient (Wildman–Crippen LogP) is 3.62. The van der Waals surface area contributed by atoms with E-state index in [0.717, 1.165) is 5.56 Å². The molecule has 1 fully saturated rings. The molecule has 1 aliphatic rings. The second kappa shape index (κ2) is 9.36.